The van der Waals surface area contributed by atoms with Gasteiger partial charge in [0.1, 0.15) is 18.2 Å². The van der Waals surface area contributed by atoms with Gasteiger partial charge in [-0.25, -0.2) is 4.98 Å². The Hall–Kier alpha value is -2.08. The summed E-state index contributed by atoms with van der Waals surface area (Å²) < 4.78 is 49.1. The number of carbonyl (C=O) groups is 1. The summed E-state index contributed by atoms with van der Waals surface area (Å²) in [4.78, 5) is 18.3. The monoisotopic (exact) mass is 377 g/mol. The minimum absolute atomic E-state index is 0.0109. The fourth-order valence-electron chi connectivity index (χ4n) is 2.51. The first-order chi connectivity index (χ1) is 12.3. The number of alkyl halides is 3. The Kier molecular flexibility index (Phi) is 6.64. The number of hydrogen-bond donors (Lipinski definition) is 3. The van der Waals surface area contributed by atoms with Gasteiger partial charge in [-0.3, -0.25) is 4.98 Å². The number of halogens is 3. The maximum absolute atomic E-state index is 12.8. The van der Waals surface area contributed by atoms with Gasteiger partial charge in [-0.15, -0.1) is 6.58 Å². The molecule has 1 aliphatic heterocycles. The minimum Gasteiger partial charge on any atom is -0.394 e. The van der Waals surface area contributed by atoms with Crippen LogP contribution in [-0.4, -0.2) is 64.2 Å². The number of aliphatic hydroxyl groups excluding tert-OH is 2. The number of nitrogens with zero attached hydrogens (tertiary/aromatic N) is 2. The van der Waals surface area contributed by atoms with E-state index in [0.717, 1.165) is 6.20 Å². The van der Waals surface area contributed by atoms with Crippen molar-refractivity contribution in [2.24, 2.45) is 5.92 Å². The van der Waals surface area contributed by atoms with Crippen molar-refractivity contribution in [2.75, 3.05) is 18.5 Å². The molecule has 1 aromatic heterocycles. The standard InChI is InChI=1S/C15H18F3N3O5/c1-2-3-25-14-12(8(6-22)13(24)9(7-23)26-14)21-11-5-19-4-10(20-11)15(16,17)18/h2,4-6,8-9,12-14,23-24H,1,3,7H2,(H,20,21)/t8-,9-,12-,13-,14+/m1/s1. The highest BCUT2D eigenvalue weighted by Gasteiger charge is 2.46. The Balaban J connectivity index is 2.29. The highest BCUT2D eigenvalue weighted by Crippen LogP contribution is 2.30. The minimum atomic E-state index is -4.70. The maximum atomic E-state index is 12.8. The summed E-state index contributed by atoms with van der Waals surface area (Å²) in [6.45, 7) is 2.91. The SMILES string of the molecule is C=CCO[C@H]1O[C@H](CO)[C@H](O)[C@H](C=O)[C@H]1Nc1cncc(C(F)(F)F)n1. The molecule has 1 aliphatic rings. The first kappa shape index (κ1) is 20.2. The number of carbonyl (C=O) groups excluding carboxylic acids is 1. The van der Waals surface area contributed by atoms with E-state index < -0.39 is 48.9 Å². The topological polar surface area (TPSA) is 114 Å². The van der Waals surface area contributed by atoms with Crippen LogP contribution in [0.2, 0.25) is 0 Å². The predicted octanol–water partition coefficient (Wildman–Crippen LogP) is 0.372. The van der Waals surface area contributed by atoms with Gasteiger partial charge in [0.05, 0.1) is 43.7 Å². The number of aliphatic hydroxyl groups is 2. The summed E-state index contributed by atoms with van der Waals surface area (Å²) in [6, 6.07) is -1.07. The normalized spacial score (nSPS) is 29.2. The summed E-state index contributed by atoms with van der Waals surface area (Å²) >= 11 is 0. The number of anilines is 1. The van der Waals surface area contributed by atoms with Crippen LogP contribution < -0.4 is 5.32 Å². The number of ether oxygens (including phenoxy) is 2. The summed E-state index contributed by atoms with van der Waals surface area (Å²) in [7, 11) is 0. The van der Waals surface area contributed by atoms with E-state index in [4.69, 9.17) is 9.47 Å². The van der Waals surface area contributed by atoms with Crippen molar-refractivity contribution < 1.29 is 37.7 Å². The molecule has 0 bridgehead atoms. The lowest BCUT2D eigenvalue weighted by atomic mass is 9.88. The van der Waals surface area contributed by atoms with Crippen LogP contribution in [-0.2, 0) is 20.4 Å². The number of aldehydes is 1. The van der Waals surface area contributed by atoms with E-state index in [0.29, 0.717) is 12.5 Å². The largest absolute Gasteiger partial charge is 0.434 e. The van der Waals surface area contributed by atoms with Crippen molar-refractivity contribution in [3.63, 3.8) is 0 Å². The van der Waals surface area contributed by atoms with E-state index in [-0.39, 0.29) is 12.4 Å². The molecule has 2 heterocycles. The van der Waals surface area contributed by atoms with Gasteiger partial charge in [-0.2, -0.15) is 13.2 Å². The Morgan fingerprint density at radius 2 is 2.15 bits per heavy atom. The molecule has 1 fully saturated rings. The van der Waals surface area contributed by atoms with Crippen LogP contribution in [0.4, 0.5) is 19.0 Å². The summed E-state index contributed by atoms with van der Waals surface area (Å²) in [5.41, 5.74) is -1.22. The van der Waals surface area contributed by atoms with E-state index in [1.165, 1.54) is 6.08 Å². The van der Waals surface area contributed by atoms with E-state index in [1.807, 2.05) is 0 Å². The molecular weight excluding hydrogens is 359 g/mol. The summed E-state index contributed by atoms with van der Waals surface area (Å²) in [5.74, 6) is -1.41. The summed E-state index contributed by atoms with van der Waals surface area (Å²) in [5, 5.41) is 22.0. The van der Waals surface area contributed by atoms with Gasteiger partial charge >= 0.3 is 6.18 Å². The van der Waals surface area contributed by atoms with Crippen LogP contribution in [0.3, 0.4) is 0 Å². The summed E-state index contributed by atoms with van der Waals surface area (Å²) in [6.07, 6.45) is -4.92. The molecule has 3 N–H and O–H groups in total. The predicted molar refractivity (Wildman–Crippen MR) is 81.9 cm³/mol. The van der Waals surface area contributed by atoms with Crippen LogP contribution in [0, 0.1) is 5.92 Å². The number of nitrogens with one attached hydrogen (secondary N) is 1. The van der Waals surface area contributed by atoms with Gasteiger partial charge in [0.25, 0.3) is 0 Å². The molecule has 0 radical (unpaired) electrons. The molecule has 0 saturated carbocycles. The molecule has 0 aliphatic carbocycles. The van der Waals surface area contributed by atoms with E-state index in [2.05, 4.69) is 21.9 Å². The fourth-order valence-corrected chi connectivity index (χ4v) is 2.51. The van der Waals surface area contributed by atoms with E-state index in [9.17, 15) is 28.2 Å². The van der Waals surface area contributed by atoms with Crippen molar-refractivity contribution in [3.8, 4) is 0 Å². The van der Waals surface area contributed by atoms with Gasteiger partial charge in [0.15, 0.2) is 12.0 Å². The molecular formula is C15H18F3N3O5. The number of aromatic nitrogens is 2. The van der Waals surface area contributed by atoms with Crippen LogP contribution in [0.1, 0.15) is 5.69 Å². The van der Waals surface area contributed by atoms with Gasteiger partial charge in [-0.05, 0) is 0 Å². The Labute approximate surface area is 146 Å². The zero-order chi connectivity index (χ0) is 19.3. The third kappa shape index (κ3) is 4.55. The van der Waals surface area contributed by atoms with Crippen LogP contribution in [0.5, 0.6) is 0 Å². The molecule has 144 valence electrons. The van der Waals surface area contributed by atoms with Crippen LogP contribution >= 0.6 is 0 Å². The highest BCUT2D eigenvalue weighted by molar-refractivity contribution is 5.58. The van der Waals surface area contributed by atoms with Gasteiger partial charge in [-0.1, -0.05) is 6.08 Å². The first-order valence-corrected chi connectivity index (χ1v) is 7.59. The lowest BCUT2D eigenvalue weighted by molar-refractivity contribution is -0.243. The molecule has 2 rings (SSSR count). The molecule has 5 atom stereocenters. The lowest BCUT2D eigenvalue weighted by Gasteiger charge is -2.42. The Bertz CT molecular complexity index is 631. The molecule has 1 saturated heterocycles. The molecule has 11 heteroatoms. The second-order valence-electron chi connectivity index (χ2n) is 5.51. The van der Waals surface area contributed by atoms with Gasteiger partial charge in [0, 0.05) is 0 Å². The Morgan fingerprint density at radius 1 is 1.42 bits per heavy atom. The molecule has 1 aromatic rings. The average Bonchev–Trinajstić information content (AvgIpc) is 2.61. The second kappa shape index (κ2) is 8.54. The number of hydrogen-bond acceptors (Lipinski definition) is 8. The molecule has 0 amide bonds. The quantitative estimate of drug-likeness (QED) is 0.461. The smallest absolute Gasteiger partial charge is 0.394 e. The highest BCUT2D eigenvalue weighted by atomic mass is 19.4. The third-order valence-electron chi connectivity index (χ3n) is 3.75. The second-order valence-corrected chi connectivity index (χ2v) is 5.51. The van der Waals surface area contributed by atoms with Crippen molar-refractivity contribution in [2.45, 2.75) is 30.7 Å². The molecule has 0 spiro atoms. The van der Waals surface area contributed by atoms with E-state index in [1.54, 1.807) is 0 Å². The van der Waals surface area contributed by atoms with Crippen molar-refractivity contribution in [3.05, 3.63) is 30.7 Å². The van der Waals surface area contributed by atoms with Crippen molar-refractivity contribution in [1.29, 1.82) is 0 Å². The van der Waals surface area contributed by atoms with Crippen molar-refractivity contribution in [1.82, 2.24) is 9.97 Å². The maximum Gasteiger partial charge on any atom is 0.434 e. The van der Waals surface area contributed by atoms with Crippen LogP contribution in [0.15, 0.2) is 25.0 Å². The fraction of sp³-hybridized carbons (Fsp3) is 0.533. The molecule has 26 heavy (non-hydrogen) atoms. The van der Waals surface area contributed by atoms with E-state index >= 15 is 0 Å². The van der Waals surface area contributed by atoms with Gasteiger partial charge in [0.2, 0.25) is 0 Å². The zero-order valence-corrected chi connectivity index (χ0v) is 13.5. The Morgan fingerprint density at radius 3 is 2.73 bits per heavy atom. The lowest BCUT2D eigenvalue weighted by Crippen LogP contribution is -2.59. The molecule has 0 aromatic carbocycles. The van der Waals surface area contributed by atoms with Gasteiger partial charge < -0.3 is 29.8 Å². The van der Waals surface area contributed by atoms with Crippen LogP contribution in [0.25, 0.3) is 0 Å². The number of rotatable bonds is 7. The average molecular weight is 377 g/mol. The first-order valence-electron chi connectivity index (χ1n) is 7.59. The third-order valence-corrected chi connectivity index (χ3v) is 3.75. The van der Waals surface area contributed by atoms with Crippen molar-refractivity contribution >= 4 is 12.1 Å². The molecule has 0 unspecified atom stereocenters. The molecule has 8 nitrogen and oxygen atoms in total. The zero-order valence-electron chi connectivity index (χ0n) is 13.5.